The van der Waals surface area contributed by atoms with Crippen molar-refractivity contribution in [1.29, 1.82) is 0 Å². The number of rotatable bonds is 6. The molecule has 0 heterocycles. The summed E-state index contributed by atoms with van der Waals surface area (Å²) in [6.45, 7) is -0.187. The summed E-state index contributed by atoms with van der Waals surface area (Å²) in [6.07, 6.45) is 0. The molecule has 6 heteroatoms. The van der Waals surface area contributed by atoms with Gasteiger partial charge in [-0.2, -0.15) is 0 Å². The average Bonchev–Trinajstić information content (AvgIpc) is 2.43. The van der Waals surface area contributed by atoms with E-state index in [-0.39, 0.29) is 19.1 Å². The number of carbonyl (C=O) groups excluding carboxylic acids is 2. The Kier molecular flexibility index (Phi) is 5.50. The van der Waals surface area contributed by atoms with Gasteiger partial charge < -0.3 is 19.5 Å². The van der Waals surface area contributed by atoms with E-state index >= 15 is 0 Å². The van der Waals surface area contributed by atoms with E-state index in [2.05, 4.69) is 10.1 Å². The Hall–Kier alpha value is -2.24. The first-order valence-electron chi connectivity index (χ1n) is 5.28. The second-order valence-corrected chi connectivity index (χ2v) is 3.30. The first kappa shape index (κ1) is 13.8. The molecule has 6 nitrogen and oxygen atoms in total. The summed E-state index contributed by atoms with van der Waals surface area (Å²) in [7, 11) is 2.83. The molecular formula is C12H15NO5. The van der Waals surface area contributed by atoms with Crippen LogP contribution in [0.4, 0.5) is 0 Å². The lowest BCUT2D eigenvalue weighted by molar-refractivity contribution is -0.142. The second kappa shape index (κ2) is 7.16. The summed E-state index contributed by atoms with van der Waals surface area (Å²) < 4.78 is 14.8. The lowest BCUT2D eigenvalue weighted by Gasteiger charge is -2.07. The molecule has 0 saturated carbocycles. The van der Waals surface area contributed by atoms with Crippen LogP contribution in [0.5, 0.6) is 11.5 Å². The summed E-state index contributed by atoms with van der Waals surface area (Å²) in [6, 6.07) is 6.58. The topological polar surface area (TPSA) is 73.9 Å². The molecule has 1 rings (SSSR count). The van der Waals surface area contributed by atoms with Gasteiger partial charge in [-0.3, -0.25) is 4.79 Å². The van der Waals surface area contributed by atoms with Gasteiger partial charge in [0.1, 0.15) is 11.5 Å². The van der Waals surface area contributed by atoms with Crippen molar-refractivity contribution in [2.75, 3.05) is 27.4 Å². The first-order chi connectivity index (χ1) is 8.65. The zero-order chi connectivity index (χ0) is 13.4. The number of methoxy groups -OCH3 is 1. The van der Waals surface area contributed by atoms with Crippen molar-refractivity contribution in [2.45, 2.75) is 0 Å². The molecule has 0 aliphatic carbocycles. The van der Waals surface area contributed by atoms with Gasteiger partial charge in [0, 0.05) is 7.05 Å². The summed E-state index contributed by atoms with van der Waals surface area (Å²) in [5.41, 5.74) is 0. The number of hydrogen-bond donors (Lipinski definition) is 1. The molecule has 1 N–H and O–H groups in total. The molecule has 98 valence electrons. The number of hydrogen-bond acceptors (Lipinski definition) is 5. The third-order valence-corrected chi connectivity index (χ3v) is 2.06. The third-order valence-electron chi connectivity index (χ3n) is 2.06. The molecule has 0 aromatic heterocycles. The minimum atomic E-state index is -0.449. The maximum atomic E-state index is 11.0. The lowest BCUT2D eigenvalue weighted by Crippen LogP contribution is -2.24. The number of ether oxygens (including phenoxy) is 3. The van der Waals surface area contributed by atoms with Crippen LogP contribution in [0.2, 0.25) is 0 Å². The third kappa shape index (κ3) is 4.73. The predicted octanol–water partition coefficient (Wildman–Crippen LogP) is 0.363. The molecule has 0 bridgehead atoms. The van der Waals surface area contributed by atoms with Crippen molar-refractivity contribution < 1.29 is 23.8 Å². The number of nitrogens with one attached hydrogen (secondary N) is 1. The zero-order valence-corrected chi connectivity index (χ0v) is 10.3. The molecule has 1 aromatic carbocycles. The van der Waals surface area contributed by atoms with Crippen molar-refractivity contribution >= 4 is 11.9 Å². The van der Waals surface area contributed by atoms with Crippen LogP contribution in [-0.2, 0) is 14.3 Å². The normalized spacial score (nSPS) is 9.44. The highest BCUT2D eigenvalue weighted by molar-refractivity contribution is 5.77. The molecule has 0 fully saturated rings. The molecule has 0 radical (unpaired) electrons. The summed E-state index contributed by atoms with van der Waals surface area (Å²) in [5.74, 6) is 0.410. The van der Waals surface area contributed by atoms with E-state index in [1.807, 2.05) is 0 Å². The first-order valence-corrected chi connectivity index (χ1v) is 5.28. The second-order valence-electron chi connectivity index (χ2n) is 3.30. The molecule has 0 saturated heterocycles. The zero-order valence-electron chi connectivity index (χ0n) is 10.3. The fourth-order valence-corrected chi connectivity index (χ4v) is 1.05. The van der Waals surface area contributed by atoms with E-state index in [4.69, 9.17) is 9.47 Å². The van der Waals surface area contributed by atoms with Crippen molar-refractivity contribution in [1.82, 2.24) is 5.32 Å². The Morgan fingerprint density at radius 2 is 1.56 bits per heavy atom. The summed E-state index contributed by atoms with van der Waals surface area (Å²) in [5, 5.41) is 2.45. The molecule has 18 heavy (non-hydrogen) atoms. The van der Waals surface area contributed by atoms with Crippen molar-refractivity contribution in [3.05, 3.63) is 24.3 Å². The SMILES string of the molecule is CNC(=O)COc1ccc(OCC(=O)OC)cc1. The average molecular weight is 253 g/mol. The maximum absolute atomic E-state index is 11.0. The highest BCUT2D eigenvalue weighted by atomic mass is 16.6. The van der Waals surface area contributed by atoms with Gasteiger partial charge in [-0.15, -0.1) is 0 Å². The fraction of sp³-hybridized carbons (Fsp3) is 0.333. The van der Waals surface area contributed by atoms with Gasteiger partial charge in [-0.05, 0) is 24.3 Å². The number of amides is 1. The number of benzene rings is 1. The van der Waals surface area contributed by atoms with Crippen LogP contribution in [0.1, 0.15) is 0 Å². The molecule has 0 aliphatic heterocycles. The van der Waals surface area contributed by atoms with Crippen molar-refractivity contribution in [3.8, 4) is 11.5 Å². The largest absolute Gasteiger partial charge is 0.484 e. The Morgan fingerprint density at radius 3 is 2.00 bits per heavy atom. The molecule has 1 aromatic rings. The van der Waals surface area contributed by atoms with E-state index in [9.17, 15) is 9.59 Å². The van der Waals surface area contributed by atoms with Crippen LogP contribution in [0.15, 0.2) is 24.3 Å². The Balaban J connectivity index is 2.42. The van der Waals surface area contributed by atoms with E-state index in [0.717, 1.165) is 0 Å². The minimum absolute atomic E-state index is 0.0428. The Bertz CT molecular complexity index is 362. The van der Waals surface area contributed by atoms with Crippen LogP contribution in [0.25, 0.3) is 0 Å². The van der Waals surface area contributed by atoms with Gasteiger partial charge in [0.2, 0.25) is 0 Å². The summed E-state index contributed by atoms with van der Waals surface area (Å²) >= 11 is 0. The van der Waals surface area contributed by atoms with Gasteiger partial charge in [0.15, 0.2) is 13.2 Å². The maximum Gasteiger partial charge on any atom is 0.343 e. The van der Waals surface area contributed by atoms with Crippen LogP contribution in [0, 0.1) is 0 Å². The minimum Gasteiger partial charge on any atom is -0.484 e. The Labute approximate surface area is 105 Å². The van der Waals surface area contributed by atoms with Gasteiger partial charge >= 0.3 is 5.97 Å². The summed E-state index contributed by atoms with van der Waals surface area (Å²) in [4.78, 5) is 21.8. The highest BCUT2D eigenvalue weighted by Gasteiger charge is 2.03. The highest BCUT2D eigenvalue weighted by Crippen LogP contribution is 2.17. The van der Waals surface area contributed by atoms with Gasteiger partial charge in [-0.25, -0.2) is 4.79 Å². The molecule has 0 unspecified atom stereocenters. The van der Waals surface area contributed by atoms with Gasteiger partial charge in [-0.1, -0.05) is 0 Å². The number of esters is 1. The van der Waals surface area contributed by atoms with E-state index < -0.39 is 5.97 Å². The molecular weight excluding hydrogens is 238 g/mol. The smallest absolute Gasteiger partial charge is 0.343 e. The number of likely N-dealkylation sites (N-methyl/N-ethyl adjacent to an activating group) is 1. The quantitative estimate of drug-likeness (QED) is 0.741. The number of carbonyl (C=O) groups is 2. The van der Waals surface area contributed by atoms with Gasteiger partial charge in [0.05, 0.1) is 7.11 Å². The molecule has 0 spiro atoms. The lowest BCUT2D eigenvalue weighted by atomic mass is 10.3. The standard InChI is InChI=1S/C12H15NO5/c1-13-11(14)7-17-9-3-5-10(6-4-9)18-8-12(15)16-2/h3-6H,7-8H2,1-2H3,(H,13,14). The Morgan fingerprint density at radius 1 is 1.06 bits per heavy atom. The monoisotopic (exact) mass is 253 g/mol. The molecule has 1 amide bonds. The molecule has 0 atom stereocenters. The van der Waals surface area contributed by atoms with E-state index in [1.54, 1.807) is 24.3 Å². The van der Waals surface area contributed by atoms with Crippen molar-refractivity contribution in [3.63, 3.8) is 0 Å². The van der Waals surface area contributed by atoms with Crippen LogP contribution < -0.4 is 14.8 Å². The van der Waals surface area contributed by atoms with E-state index in [1.165, 1.54) is 14.2 Å². The fourth-order valence-electron chi connectivity index (χ4n) is 1.05. The van der Waals surface area contributed by atoms with Crippen molar-refractivity contribution in [2.24, 2.45) is 0 Å². The molecule has 0 aliphatic rings. The van der Waals surface area contributed by atoms with Crippen LogP contribution in [-0.4, -0.2) is 39.2 Å². The van der Waals surface area contributed by atoms with Crippen LogP contribution >= 0.6 is 0 Å². The van der Waals surface area contributed by atoms with E-state index in [0.29, 0.717) is 11.5 Å². The predicted molar refractivity (Wildman–Crippen MR) is 63.5 cm³/mol. The van der Waals surface area contributed by atoms with Crippen LogP contribution in [0.3, 0.4) is 0 Å². The van der Waals surface area contributed by atoms with Gasteiger partial charge in [0.25, 0.3) is 5.91 Å².